The second-order valence-corrected chi connectivity index (χ2v) is 7.38. The standard InChI is InChI=1S/C18H17F3N4O2S/c1-11-8-15(27-24-11)23-16(26)12(2)28-17-22-9-14(13-6-4-3-5-7-13)25(17)10-18(19,20)21/h3-9,12H,10H2,1-2H3,(H,23,26). The Labute approximate surface area is 163 Å². The van der Waals surface area contributed by atoms with Gasteiger partial charge >= 0.3 is 6.18 Å². The van der Waals surface area contributed by atoms with E-state index in [1.807, 2.05) is 0 Å². The van der Waals surface area contributed by atoms with Gasteiger partial charge in [0.15, 0.2) is 5.16 Å². The number of hydrogen-bond acceptors (Lipinski definition) is 5. The van der Waals surface area contributed by atoms with E-state index in [0.717, 1.165) is 16.3 Å². The van der Waals surface area contributed by atoms with Crippen LogP contribution in [0.15, 0.2) is 52.3 Å². The molecule has 10 heteroatoms. The fourth-order valence-corrected chi connectivity index (χ4v) is 3.37. The van der Waals surface area contributed by atoms with E-state index < -0.39 is 23.9 Å². The number of carbonyl (C=O) groups excluding carboxylic acids is 1. The normalized spacial score (nSPS) is 12.8. The SMILES string of the molecule is Cc1cc(NC(=O)C(C)Sc2ncc(-c3ccccc3)n2CC(F)(F)F)on1. The number of thioether (sulfide) groups is 1. The molecule has 28 heavy (non-hydrogen) atoms. The van der Waals surface area contributed by atoms with E-state index in [4.69, 9.17) is 4.52 Å². The minimum Gasteiger partial charge on any atom is -0.338 e. The fraction of sp³-hybridized carbons (Fsp3) is 0.278. The van der Waals surface area contributed by atoms with E-state index in [1.54, 1.807) is 50.2 Å². The molecule has 0 bridgehead atoms. The summed E-state index contributed by atoms with van der Waals surface area (Å²) in [5.41, 5.74) is 1.54. The van der Waals surface area contributed by atoms with Crippen molar-refractivity contribution in [3.05, 3.63) is 48.3 Å². The molecule has 0 saturated carbocycles. The number of amides is 1. The third kappa shape index (κ3) is 4.94. The van der Waals surface area contributed by atoms with Gasteiger partial charge in [0.05, 0.1) is 22.8 Å². The number of benzene rings is 1. The van der Waals surface area contributed by atoms with Gasteiger partial charge in [0.2, 0.25) is 11.8 Å². The minimum atomic E-state index is -4.43. The highest BCUT2D eigenvalue weighted by Crippen LogP contribution is 2.32. The molecule has 3 rings (SSSR count). The van der Waals surface area contributed by atoms with Gasteiger partial charge in [-0.1, -0.05) is 47.3 Å². The number of carbonyl (C=O) groups is 1. The lowest BCUT2D eigenvalue weighted by Crippen LogP contribution is -2.24. The summed E-state index contributed by atoms with van der Waals surface area (Å²) in [5.74, 6) is -0.248. The Bertz CT molecular complexity index is 953. The van der Waals surface area contributed by atoms with Crippen molar-refractivity contribution < 1.29 is 22.5 Å². The van der Waals surface area contributed by atoms with Crippen LogP contribution in [0, 0.1) is 6.92 Å². The number of hydrogen-bond donors (Lipinski definition) is 1. The third-order valence-corrected chi connectivity index (χ3v) is 4.86. The van der Waals surface area contributed by atoms with E-state index in [-0.39, 0.29) is 11.0 Å². The molecule has 0 aliphatic heterocycles. The van der Waals surface area contributed by atoms with Crippen molar-refractivity contribution in [3.63, 3.8) is 0 Å². The molecule has 6 nitrogen and oxygen atoms in total. The molecule has 3 aromatic rings. The predicted octanol–water partition coefficient (Wildman–Crippen LogP) is 4.53. The maximum atomic E-state index is 13.1. The van der Waals surface area contributed by atoms with Gasteiger partial charge in [-0.15, -0.1) is 0 Å². The summed E-state index contributed by atoms with van der Waals surface area (Å²) in [6.07, 6.45) is -3.05. The molecule has 2 heterocycles. The maximum Gasteiger partial charge on any atom is 0.406 e. The Morgan fingerprint density at radius 2 is 2.04 bits per heavy atom. The highest BCUT2D eigenvalue weighted by atomic mass is 32.2. The molecule has 1 aromatic carbocycles. The van der Waals surface area contributed by atoms with Gasteiger partial charge in [-0.2, -0.15) is 13.2 Å². The second kappa shape index (κ2) is 8.09. The lowest BCUT2D eigenvalue weighted by molar-refractivity contribution is -0.141. The quantitative estimate of drug-likeness (QED) is 0.605. The van der Waals surface area contributed by atoms with Gasteiger partial charge in [0, 0.05) is 6.07 Å². The highest BCUT2D eigenvalue weighted by molar-refractivity contribution is 8.00. The van der Waals surface area contributed by atoms with E-state index in [0.29, 0.717) is 17.0 Å². The summed E-state index contributed by atoms with van der Waals surface area (Å²) in [6.45, 7) is 2.09. The first-order valence-corrected chi connectivity index (χ1v) is 9.19. The van der Waals surface area contributed by atoms with E-state index in [2.05, 4.69) is 15.5 Å². The number of nitrogens with zero attached hydrogens (tertiary/aromatic N) is 3. The van der Waals surface area contributed by atoms with E-state index in [1.165, 1.54) is 6.20 Å². The molecule has 1 amide bonds. The molecular weight excluding hydrogens is 393 g/mol. The van der Waals surface area contributed by atoms with E-state index in [9.17, 15) is 18.0 Å². The summed E-state index contributed by atoms with van der Waals surface area (Å²) in [6, 6.07) is 10.2. The lowest BCUT2D eigenvalue weighted by Gasteiger charge is -2.16. The van der Waals surface area contributed by atoms with Crippen LogP contribution >= 0.6 is 11.8 Å². The first kappa shape index (κ1) is 20.0. The Morgan fingerprint density at radius 3 is 2.64 bits per heavy atom. The zero-order valence-corrected chi connectivity index (χ0v) is 15.8. The Balaban J connectivity index is 1.82. The predicted molar refractivity (Wildman–Crippen MR) is 98.9 cm³/mol. The van der Waals surface area contributed by atoms with Gasteiger partial charge in [0.25, 0.3) is 0 Å². The van der Waals surface area contributed by atoms with Crippen LogP contribution in [0.5, 0.6) is 0 Å². The van der Waals surface area contributed by atoms with Gasteiger partial charge in [0.1, 0.15) is 6.54 Å². The number of rotatable bonds is 6. The summed E-state index contributed by atoms with van der Waals surface area (Å²) < 4.78 is 45.4. The number of imidazole rings is 1. The van der Waals surface area contributed by atoms with Crippen molar-refractivity contribution in [2.45, 2.75) is 37.0 Å². The minimum absolute atomic E-state index is 0.104. The number of alkyl halides is 3. The molecular formula is C18H17F3N4O2S. The van der Waals surface area contributed by atoms with Crippen LogP contribution in [0.3, 0.4) is 0 Å². The van der Waals surface area contributed by atoms with Crippen molar-refractivity contribution in [2.24, 2.45) is 0 Å². The lowest BCUT2D eigenvalue weighted by atomic mass is 10.2. The van der Waals surface area contributed by atoms with Crippen LogP contribution in [0.1, 0.15) is 12.6 Å². The number of anilines is 1. The average Bonchev–Trinajstić information content (AvgIpc) is 3.21. The summed E-state index contributed by atoms with van der Waals surface area (Å²) in [5, 5.41) is 5.61. The number of aryl methyl sites for hydroxylation is 1. The molecule has 0 spiro atoms. The topological polar surface area (TPSA) is 73.0 Å². The molecule has 0 aliphatic rings. The van der Waals surface area contributed by atoms with Crippen LogP contribution in [-0.4, -0.2) is 32.0 Å². The van der Waals surface area contributed by atoms with Crippen molar-refractivity contribution in [3.8, 4) is 11.3 Å². The van der Waals surface area contributed by atoms with Crippen molar-refractivity contribution in [1.29, 1.82) is 0 Å². The maximum absolute atomic E-state index is 13.1. The monoisotopic (exact) mass is 410 g/mol. The summed E-state index contributed by atoms with van der Waals surface area (Å²) >= 11 is 0.938. The van der Waals surface area contributed by atoms with Crippen LogP contribution in [-0.2, 0) is 11.3 Å². The van der Waals surface area contributed by atoms with Gasteiger partial charge in [-0.05, 0) is 19.4 Å². The van der Waals surface area contributed by atoms with Crippen LogP contribution in [0.25, 0.3) is 11.3 Å². The largest absolute Gasteiger partial charge is 0.406 e. The molecule has 148 valence electrons. The molecule has 1 atom stereocenters. The Morgan fingerprint density at radius 1 is 1.32 bits per heavy atom. The molecule has 0 saturated heterocycles. The van der Waals surface area contributed by atoms with Gasteiger partial charge in [-0.3, -0.25) is 10.1 Å². The van der Waals surface area contributed by atoms with Crippen LogP contribution < -0.4 is 5.32 Å². The average molecular weight is 410 g/mol. The number of nitrogens with one attached hydrogen (secondary N) is 1. The zero-order chi connectivity index (χ0) is 20.3. The van der Waals surface area contributed by atoms with Crippen LogP contribution in [0.2, 0.25) is 0 Å². The number of aromatic nitrogens is 3. The van der Waals surface area contributed by atoms with Gasteiger partial charge in [-0.25, -0.2) is 4.98 Å². The Kier molecular flexibility index (Phi) is 5.78. The highest BCUT2D eigenvalue weighted by Gasteiger charge is 2.31. The third-order valence-electron chi connectivity index (χ3n) is 3.75. The molecule has 2 aromatic heterocycles. The fourth-order valence-electron chi connectivity index (χ4n) is 2.48. The van der Waals surface area contributed by atoms with Crippen molar-refractivity contribution in [2.75, 3.05) is 5.32 Å². The van der Waals surface area contributed by atoms with Crippen molar-refractivity contribution in [1.82, 2.24) is 14.7 Å². The first-order chi connectivity index (χ1) is 13.2. The summed E-state index contributed by atoms with van der Waals surface area (Å²) in [7, 11) is 0. The first-order valence-electron chi connectivity index (χ1n) is 8.31. The van der Waals surface area contributed by atoms with Crippen molar-refractivity contribution >= 4 is 23.6 Å². The van der Waals surface area contributed by atoms with Gasteiger partial charge < -0.3 is 9.09 Å². The van der Waals surface area contributed by atoms with Crippen LogP contribution in [0.4, 0.5) is 19.1 Å². The second-order valence-electron chi connectivity index (χ2n) is 6.08. The molecule has 1 unspecified atom stereocenters. The zero-order valence-electron chi connectivity index (χ0n) is 15.0. The Hall–Kier alpha value is -2.75. The molecule has 0 radical (unpaired) electrons. The van der Waals surface area contributed by atoms with E-state index >= 15 is 0 Å². The number of halogens is 3. The summed E-state index contributed by atoms with van der Waals surface area (Å²) in [4.78, 5) is 16.4. The molecule has 0 aliphatic carbocycles. The molecule has 1 N–H and O–H groups in total. The molecule has 0 fully saturated rings. The smallest absolute Gasteiger partial charge is 0.338 e.